The molecule has 2 aliphatic heterocycles. The number of para-hydroxylation sites is 1. The van der Waals surface area contributed by atoms with Gasteiger partial charge in [-0.25, -0.2) is 0 Å². The van der Waals surface area contributed by atoms with Crippen LogP contribution < -0.4 is 4.90 Å². The Morgan fingerprint density at radius 3 is 2.59 bits per heavy atom. The first-order valence-corrected chi connectivity index (χ1v) is 11.6. The second-order valence-electron chi connectivity index (χ2n) is 7.60. The Morgan fingerprint density at radius 1 is 1.22 bits per heavy atom. The zero-order valence-electron chi connectivity index (χ0n) is 17.6. The number of rotatable bonds is 4. The first-order valence-electron chi connectivity index (χ1n) is 10.3. The molecule has 0 bridgehead atoms. The van der Waals surface area contributed by atoms with Crippen LogP contribution in [-0.2, 0) is 20.7 Å². The monoisotopic (exact) mass is 467 g/mol. The average Bonchev–Trinajstić information content (AvgIpc) is 3.13. The highest BCUT2D eigenvalue weighted by Gasteiger charge is 2.41. The summed E-state index contributed by atoms with van der Waals surface area (Å²) in [6.45, 7) is 3.64. The standard InChI is InChI=1S/C24H22ClN3O3S/c1-16-7-8-17(13-20(16)25)14-21-23(30)28(18-5-3-2-4-6-18)24(32-21)19(15-26)22(29)27-9-11-31-12-10-27/h2-8,13,21H,9-12,14H2,1H3/b24-19-/t21-/m0/s1. The van der Waals surface area contributed by atoms with Crippen LogP contribution in [0.25, 0.3) is 0 Å². The summed E-state index contributed by atoms with van der Waals surface area (Å²) in [6.07, 6.45) is 0.445. The van der Waals surface area contributed by atoms with E-state index in [2.05, 4.69) is 6.07 Å². The van der Waals surface area contributed by atoms with E-state index in [1.165, 1.54) is 16.7 Å². The normalized spacial score (nSPS) is 20.3. The fourth-order valence-electron chi connectivity index (χ4n) is 3.69. The molecule has 4 rings (SSSR count). The SMILES string of the molecule is Cc1ccc(C[C@@H]2S/C(=C(/C#N)C(=O)N3CCOCC3)N(c3ccccc3)C2=O)cc1Cl. The van der Waals surface area contributed by atoms with Gasteiger partial charge in [-0.15, -0.1) is 0 Å². The number of carbonyl (C=O) groups is 2. The maximum Gasteiger partial charge on any atom is 0.267 e. The van der Waals surface area contributed by atoms with E-state index in [-0.39, 0.29) is 17.4 Å². The summed E-state index contributed by atoms with van der Waals surface area (Å²) in [6, 6.07) is 16.9. The van der Waals surface area contributed by atoms with Gasteiger partial charge in [0.15, 0.2) is 0 Å². The van der Waals surface area contributed by atoms with Gasteiger partial charge in [-0.05, 0) is 42.7 Å². The Morgan fingerprint density at radius 2 is 1.94 bits per heavy atom. The van der Waals surface area contributed by atoms with Crippen LogP contribution in [0.1, 0.15) is 11.1 Å². The van der Waals surface area contributed by atoms with Gasteiger partial charge in [0.25, 0.3) is 5.91 Å². The highest BCUT2D eigenvalue weighted by molar-refractivity contribution is 8.05. The van der Waals surface area contributed by atoms with Crippen LogP contribution in [0.15, 0.2) is 59.1 Å². The van der Waals surface area contributed by atoms with E-state index < -0.39 is 5.25 Å². The number of thioether (sulfide) groups is 1. The molecule has 2 amide bonds. The second kappa shape index (κ2) is 9.78. The number of halogens is 1. The maximum absolute atomic E-state index is 13.5. The van der Waals surface area contributed by atoms with Gasteiger partial charge < -0.3 is 9.64 Å². The Labute approximate surface area is 196 Å². The number of hydrogen-bond donors (Lipinski definition) is 0. The van der Waals surface area contributed by atoms with Gasteiger partial charge in [0, 0.05) is 23.8 Å². The van der Waals surface area contributed by atoms with Crippen LogP contribution in [0.3, 0.4) is 0 Å². The number of carbonyl (C=O) groups excluding carboxylic acids is 2. The summed E-state index contributed by atoms with van der Waals surface area (Å²) in [5, 5.41) is 10.5. The number of morpholine rings is 1. The summed E-state index contributed by atoms with van der Waals surface area (Å²) in [4.78, 5) is 29.8. The maximum atomic E-state index is 13.5. The minimum Gasteiger partial charge on any atom is -0.378 e. The number of aryl methyl sites for hydroxylation is 1. The number of amides is 2. The van der Waals surface area contributed by atoms with E-state index in [0.717, 1.165) is 11.1 Å². The lowest BCUT2D eigenvalue weighted by Crippen LogP contribution is -2.42. The molecule has 1 atom stereocenters. The number of benzene rings is 2. The van der Waals surface area contributed by atoms with Gasteiger partial charge in [0.2, 0.25) is 5.91 Å². The van der Waals surface area contributed by atoms with Crippen molar-refractivity contribution in [3.05, 3.63) is 75.3 Å². The van der Waals surface area contributed by atoms with Gasteiger partial charge in [0.05, 0.1) is 18.5 Å². The van der Waals surface area contributed by atoms with Crippen LogP contribution in [0, 0.1) is 18.3 Å². The van der Waals surface area contributed by atoms with Crippen LogP contribution in [0.5, 0.6) is 0 Å². The number of nitrogens with zero attached hydrogens (tertiary/aromatic N) is 3. The first-order chi connectivity index (χ1) is 15.5. The topological polar surface area (TPSA) is 73.6 Å². The molecule has 2 aromatic rings. The molecule has 2 aromatic carbocycles. The smallest absolute Gasteiger partial charge is 0.267 e. The van der Waals surface area contributed by atoms with Crippen molar-refractivity contribution in [2.75, 3.05) is 31.2 Å². The highest BCUT2D eigenvalue weighted by Crippen LogP contribution is 2.42. The lowest BCUT2D eigenvalue weighted by molar-refractivity contribution is -0.130. The van der Waals surface area contributed by atoms with Gasteiger partial charge in [-0.2, -0.15) is 5.26 Å². The molecule has 2 fully saturated rings. The Bertz CT molecular complexity index is 1110. The number of anilines is 1. The molecule has 32 heavy (non-hydrogen) atoms. The molecule has 2 aliphatic rings. The number of hydrogen-bond acceptors (Lipinski definition) is 5. The molecule has 0 unspecified atom stereocenters. The van der Waals surface area contributed by atoms with Crippen molar-refractivity contribution >= 4 is 40.9 Å². The number of ether oxygens (including phenoxy) is 1. The zero-order chi connectivity index (χ0) is 22.7. The average molecular weight is 468 g/mol. The quantitative estimate of drug-likeness (QED) is 0.503. The van der Waals surface area contributed by atoms with E-state index in [4.69, 9.17) is 16.3 Å². The van der Waals surface area contributed by atoms with Crippen molar-refractivity contribution in [2.24, 2.45) is 0 Å². The van der Waals surface area contributed by atoms with E-state index in [9.17, 15) is 14.9 Å². The fraction of sp³-hybridized carbons (Fsp3) is 0.292. The van der Waals surface area contributed by atoms with Crippen molar-refractivity contribution in [3.63, 3.8) is 0 Å². The molecule has 0 aliphatic carbocycles. The van der Waals surface area contributed by atoms with Crippen LogP contribution >= 0.6 is 23.4 Å². The minimum atomic E-state index is -0.468. The van der Waals surface area contributed by atoms with Crippen molar-refractivity contribution in [1.82, 2.24) is 4.90 Å². The van der Waals surface area contributed by atoms with Gasteiger partial charge in [-0.3, -0.25) is 14.5 Å². The molecular weight excluding hydrogens is 446 g/mol. The molecule has 0 N–H and O–H groups in total. The van der Waals surface area contributed by atoms with E-state index in [0.29, 0.717) is 48.5 Å². The zero-order valence-corrected chi connectivity index (χ0v) is 19.2. The van der Waals surface area contributed by atoms with Gasteiger partial charge in [0.1, 0.15) is 16.7 Å². The highest BCUT2D eigenvalue weighted by atomic mass is 35.5. The second-order valence-corrected chi connectivity index (χ2v) is 9.20. The lowest BCUT2D eigenvalue weighted by atomic mass is 10.1. The Hall–Kier alpha value is -2.79. The number of nitriles is 1. The summed E-state index contributed by atoms with van der Waals surface area (Å²) in [7, 11) is 0. The van der Waals surface area contributed by atoms with Crippen molar-refractivity contribution in [2.45, 2.75) is 18.6 Å². The molecule has 0 radical (unpaired) electrons. The largest absolute Gasteiger partial charge is 0.378 e. The third kappa shape index (κ3) is 4.53. The van der Waals surface area contributed by atoms with Crippen LogP contribution in [-0.4, -0.2) is 48.3 Å². The predicted molar refractivity (Wildman–Crippen MR) is 125 cm³/mol. The molecule has 0 saturated carbocycles. The summed E-state index contributed by atoms with van der Waals surface area (Å²) < 4.78 is 5.32. The van der Waals surface area contributed by atoms with E-state index >= 15 is 0 Å². The molecular formula is C24H22ClN3O3S. The van der Waals surface area contributed by atoms with Crippen molar-refractivity contribution in [3.8, 4) is 6.07 Å². The third-order valence-corrected chi connectivity index (χ3v) is 7.13. The molecule has 0 spiro atoms. The molecule has 2 saturated heterocycles. The van der Waals surface area contributed by atoms with Crippen molar-refractivity contribution in [1.29, 1.82) is 5.26 Å². The summed E-state index contributed by atoms with van der Waals surface area (Å²) >= 11 is 7.54. The van der Waals surface area contributed by atoms with E-state index in [1.54, 1.807) is 17.0 Å². The van der Waals surface area contributed by atoms with Crippen molar-refractivity contribution < 1.29 is 14.3 Å². The predicted octanol–water partition coefficient (Wildman–Crippen LogP) is 3.93. The molecule has 164 valence electrons. The van der Waals surface area contributed by atoms with E-state index in [1.807, 2.05) is 43.3 Å². The first kappa shape index (κ1) is 22.4. The Balaban J connectivity index is 1.71. The lowest BCUT2D eigenvalue weighted by Gasteiger charge is -2.27. The summed E-state index contributed by atoms with van der Waals surface area (Å²) in [5.74, 6) is -0.526. The van der Waals surface area contributed by atoms with Crippen LogP contribution in [0.4, 0.5) is 5.69 Å². The summed E-state index contributed by atoms with van der Waals surface area (Å²) in [5.41, 5.74) is 2.51. The van der Waals surface area contributed by atoms with Crippen LogP contribution in [0.2, 0.25) is 5.02 Å². The third-order valence-electron chi connectivity index (χ3n) is 5.46. The Kier molecular flexibility index (Phi) is 6.85. The fourth-order valence-corrected chi connectivity index (χ4v) is 5.20. The molecule has 6 nitrogen and oxygen atoms in total. The van der Waals surface area contributed by atoms with Gasteiger partial charge in [-0.1, -0.05) is 53.7 Å². The molecule has 0 aromatic heterocycles. The molecule has 8 heteroatoms. The molecule has 2 heterocycles. The van der Waals surface area contributed by atoms with Gasteiger partial charge >= 0.3 is 0 Å². The minimum absolute atomic E-state index is 0.0152.